The summed E-state index contributed by atoms with van der Waals surface area (Å²) in [5.74, 6) is 0.618. The van der Waals surface area contributed by atoms with Crippen LogP contribution in [0.1, 0.15) is 53.4 Å². The fourth-order valence-electron chi connectivity index (χ4n) is 3.16. The molecular weight excluding hydrogens is 406 g/mol. The van der Waals surface area contributed by atoms with Crippen LogP contribution in [0.5, 0.6) is 5.75 Å². The summed E-state index contributed by atoms with van der Waals surface area (Å²) in [5, 5.41) is -0.505. The van der Waals surface area contributed by atoms with E-state index in [0.29, 0.717) is 44.9 Å². The number of likely N-dealkylation sites (tertiary alicyclic amines) is 1. The second kappa shape index (κ2) is 11.0. The van der Waals surface area contributed by atoms with E-state index in [0.717, 1.165) is 19.4 Å². The maximum absolute atomic E-state index is 13.0. The second-order valence-electron chi connectivity index (χ2n) is 8.50. The average molecular weight is 442 g/mol. The van der Waals surface area contributed by atoms with E-state index >= 15 is 0 Å². The number of hydrogen-bond acceptors (Lipinski definition) is 6. The lowest BCUT2D eigenvalue weighted by Crippen LogP contribution is -2.44. The largest absolute Gasteiger partial charge is 0.491 e. The van der Waals surface area contributed by atoms with Gasteiger partial charge in [0.2, 0.25) is 0 Å². The van der Waals surface area contributed by atoms with Crippen molar-refractivity contribution in [1.29, 1.82) is 0 Å². The van der Waals surface area contributed by atoms with Gasteiger partial charge in [-0.15, -0.1) is 0 Å². The van der Waals surface area contributed by atoms with Crippen LogP contribution in [0, 0.1) is 0 Å². The third-order valence-electron chi connectivity index (χ3n) is 4.82. The predicted molar refractivity (Wildman–Crippen MR) is 116 cm³/mol. The predicted octanol–water partition coefficient (Wildman–Crippen LogP) is 4.06. The highest BCUT2D eigenvalue weighted by molar-refractivity contribution is 7.92. The average Bonchev–Trinajstić information content (AvgIpc) is 2.70. The summed E-state index contributed by atoms with van der Waals surface area (Å²) >= 11 is 0. The number of carbonyl (C=O) groups is 1. The molecule has 1 amide bonds. The highest BCUT2D eigenvalue weighted by atomic mass is 32.2. The van der Waals surface area contributed by atoms with E-state index in [1.807, 2.05) is 20.8 Å². The summed E-state index contributed by atoms with van der Waals surface area (Å²) in [7, 11) is -3.46. The quantitative estimate of drug-likeness (QED) is 0.538. The van der Waals surface area contributed by atoms with E-state index in [1.165, 1.54) is 0 Å². The molecule has 0 spiro atoms. The number of benzene rings is 1. The van der Waals surface area contributed by atoms with E-state index in [9.17, 15) is 13.2 Å². The van der Waals surface area contributed by atoms with Crippen LogP contribution in [-0.4, -0.2) is 63.2 Å². The minimum absolute atomic E-state index is 0.282. The van der Waals surface area contributed by atoms with E-state index in [-0.39, 0.29) is 4.90 Å². The number of amides is 1. The van der Waals surface area contributed by atoms with Crippen molar-refractivity contribution in [3.8, 4) is 5.75 Å². The van der Waals surface area contributed by atoms with Gasteiger partial charge in [0, 0.05) is 19.7 Å². The minimum atomic E-state index is -3.46. The molecule has 1 aromatic rings. The Morgan fingerprint density at radius 1 is 1.07 bits per heavy atom. The molecule has 1 fully saturated rings. The maximum Gasteiger partial charge on any atom is 0.410 e. The number of ether oxygens (including phenoxy) is 3. The number of rotatable bonds is 9. The Balaban J connectivity index is 1.85. The third-order valence-corrected chi connectivity index (χ3v) is 7.10. The van der Waals surface area contributed by atoms with Gasteiger partial charge < -0.3 is 19.1 Å². The molecule has 0 radical (unpaired) electrons. The Bertz CT molecular complexity index is 762. The fraction of sp³-hybridized carbons (Fsp3) is 0.682. The van der Waals surface area contributed by atoms with E-state index in [1.54, 1.807) is 29.2 Å². The molecule has 0 aromatic heterocycles. The van der Waals surface area contributed by atoms with Crippen LogP contribution in [0.15, 0.2) is 29.2 Å². The molecule has 170 valence electrons. The first-order valence-corrected chi connectivity index (χ1v) is 12.2. The Kier molecular flexibility index (Phi) is 8.97. The van der Waals surface area contributed by atoms with Crippen molar-refractivity contribution < 1.29 is 27.4 Å². The van der Waals surface area contributed by atoms with Crippen LogP contribution in [-0.2, 0) is 19.3 Å². The number of unbranched alkanes of at least 4 members (excludes halogenated alkanes) is 1. The summed E-state index contributed by atoms with van der Waals surface area (Å²) in [6.45, 7) is 9.97. The van der Waals surface area contributed by atoms with Crippen LogP contribution < -0.4 is 4.74 Å². The standard InChI is InChI=1S/C22H35NO6S/c1-5-6-15-27-16-17-28-18-7-9-19(10-8-18)30(25,26)20-11-13-23(14-12-20)21(24)29-22(2,3)4/h7-10,20H,5-6,11-17H2,1-4H3. The van der Waals surface area contributed by atoms with Gasteiger partial charge in [-0.05, 0) is 64.3 Å². The normalized spacial score (nSPS) is 15.8. The third kappa shape index (κ3) is 7.47. The molecular formula is C22H35NO6S. The Morgan fingerprint density at radius 2 is 1.70 bits per heavy atom. The highest BCUT2D eigenvalue weighted by Crippen LogP contribution is 2.27. The molecule has 1 saturated heterocycles. The second-order valence-corrected chi connectivity index (χ2v) is 10.7. The maximum atomic E-state index is 13.0. The number of sulfone groups is 1. The van der Waals surface area contributed by atoms with Crippen molar-refractivity contribution in [2.45, 2.75) is 69.1 Å². The van der Waals surface area contributed by atoms with Crippen molar-refractivity contribution in [2.24, 2.45) is 0 Å². The van der Waals surface area contributed by atoms with Gasteiger partial charge in [-0.3, -0.25) is 0 Å². The summed E-state index contributed by atoms with van der Waals surface area (Å²) in [5.41, 5.74) is -0.564. The summed E-state index contributed by atoms with van der Waals surface area (Å²) < 4.78 is 42.4. The molecule has 8 heteroatoms. The molecule has 0 aliphatic carbocycles. The van der Waals surface area contributed by atoms with Gasteiger partial charge in [0.25, 0.3) is 0 Å². The molecule has 0 bridgehead atoms. The van der Waals surface area contributed by atoms with E-state index < -0.39 is 26.8 Å². The molecule has 1 aliphatic rings. The molecule has 2 rings (SSSR count). The van der Waals surface area contributed by atoms with Crippen LogP contribution in [0.25, 0.3) is 0 Å². The summed E-state index contributed by atoms with van der Waals surface area (Å²) in [6.07, 6.45) is 2.53. The van der Waals surface area contributed by atoms with Crippen molar-refractivity contribution >= 4 is 15.9 Å². The van der Waals surface area contributed by atoms with Crippen molar-refractivity contribution in [2.75, 3.05) is 32.9 Å². The smallest absolute Gasteiger partial charge is 0.410 e. The Morgan fingerprint density at radius 3 is 2.27 bits per heavy atom. The zero-order valence-corrected chi connectivity index (χ0v) is 19.4. The zero-order chi connectivity index (χ0) is 22.2. The van der Waals surface area contributed by atoms with Crippen LogP contribution in [0.4, 0.5) is 4.79 Å². The van der Waals surface area contributed by atoms with E-state index in [2.05, 4.69) is 6.92 Å². The first-order valence-electron chi connectivity index (χ1n) is 10.7. The highest BCUT2D eigenvalue weighted by Gasteiger charge is 2.34. The zero-order valence-electron chi connectivity index (χ0n) is 18.6. The lowest BCUT2D eigenvalue weighted by molar-refractivity contribution is 0.0217. The molecule has 7 nitrogen and oxygen atoms in total. The van der Waals surface area contributed by atoms with Gasteiger partial charge in [-0.2, -0.15) is 0 Å². The van der Waals surface area contributed by atoms with Gasteiger partial charge in [0.1, 0.15) is 18.0 Å². The fourth-order valence-corrected chi connectivity index (χ4v) is 4.89. The number of hydrogen-bond donors (Lipinski definition) is 0. The lowest BCUT2D eigenvalue weighted by atomic mass is 10.1. The molecule has 0 N–H and O–H groups in total. The van der Waals surface area contributed by atoms with Crippen molar-refractivity contribution in [3.63, 3.8) is 0 Å². The SMILES string of the molecule is CCCCOCCOc1ccc(S(=O)(=O)C2CCN(C(=O)OC(C)(C)C)CC2)cc1. The van der Waals surface area contributed by atoms with Gasteiger partial charge in [0.05, 0.1) is 16.8 Å². The molecule has 30 heavy (non-hydrogen) atoms. The molecule has 0 unspecified atom stereocenters. The lowest BCUT2D eigenvalue weighted by Gasteiger charge is -2.33. The number of piperidine rings is 1. The molecule has 0 atom stereocenters. The van der Waals surface area contributed by atoms with Crippen LogP contribution >= 0.6 is 0 Å². The topological polar surface area (TPSA) is 82.1 Å². The monoisotopic (exact) mass is 441 g/mol. The first-order chi connectivity index (χ1) is 14.1. The Hall–Kier alpha value is -1.80. The van der Waals surface area contributed by atoms with Crippen LogP contribution in [0.3, 0.4) is 0 Å². The van der Waals surface area contributed by atoms with E-state index in [4.69, 9.17) is 14.2 Å². The van der Waals surface area contributed by atoms with Gasteiger partial charge >= 0.3 is 6.09 Å². The molecule has 0 saturated carbocycles. The van der Waals surface area contributed by atoms with Crippen molar-refractivity contribution in [3.05, 3.63) is 24.3 Å². The summed E-state index contributed by atoms with van der Waals surface area (Å²) in [6, 6.07) is 6.52. The van der Waals surface area contributed by atoms with Gasteiger partial charge in [-0.25, -0.2) is 13.2 Å². The molecule has 1 heterocycles. The number of carbonyl (C=O) groups excluding carboxylic acids is 1. The Labute approximate surface area is 180 Å². The first kappa shape index (κ1) is 24.5. The number of nitrogens with zero attached hydrogens (tertiary/aromatic N) is 1. The van der Waals surface area contributed by atoms with Gasteiger partial charge in [-0.1, -0.05) is 13.3 Å². The van der Waals surface area contributed by atoms with Gasteiger partial charge in [0.15, 0.2) is 9.84 Å². The molecule has 1 aliphatic heterocycles. The van der Waals surface area contributed by atoms with Crippen LogP contribution in [0.2, 0.25) is 0 Å². The van der Waals surface area contributed by atoms with Crippen molar-refractivity contribution in [1.82, 2.24) is 4.90 Å². The molecule has 1 aromatic carbocycles. The summed E-state index contributed by atoms with van der Waals surface area (Å²) in [4.78, 5) is 14.0. The minimum Gasteiger partial charge on any atom is -0.491 e.